The number of rotatable bonds is 3. The van der Waals surface area contributed by atoms with Gasteiger partial charge in [-0.15, -0.1) is 0 Å². The zero-order chi connectivity index (χ0) is 17.4. The number of benzene rings is 2. The van der Waals surface area contributed by atoms with E-state index in [0.29, 0.717) is 22.7 Å². The van der Waals surface area contributed by atoms with E-state index in [2.05, 4.69) is 16.4 Å². The average molecular weight is 334 g/mol. The fourth-order valence-electron chi connectivity index (χ4n) is 2.85. The zero-order valence-electron chi connectivity index (χ0n) is 13.4. The summed E-state index contributed by atoms with van der Waals surface area (Å²) in [7, 11) is 0. The van der Waals surface area contributed by atoms with Gasteiger partial charge in [0.25, 0.3) is 0 Å². The maximum absolute atomic E-state index is 12.4. The van der Waals surface area contributed by atoms with Crippen molar-refractivity contribution >= 4 is 22.6 Å². The Morgan fingerprint density at radius 2 is 2.12 bits per heavy atom. The number of aryl methyl sites for hydroxylation is 1. The quantitative estimate of drug-likeness (QED) is 0.795. The molecule has 1 N–H and O–H groups in total. The lowest BCUT2D eigenvalue weighted by Crippen LogP contribution is -2.19. The van der Waals surface area contributed by atoms with Gasteiger partial charge in [0.1, 0.15) is 12.4 Å². The Morgan fingerprint density at radius 3 is 2.92 bits per heavy atom. The van der Waals surface area contributed by atoms with Crippen LogP contribution in [-0.2, 0) is 11.3 Å². The highest BCUT2D eigenvalue weighted by molar-refractivity contribution is 5.92. The summed E-state index contributed by atoms with van der Waals surface area (Å²) in [5.74, 6) is 1.83. The molecule has 0 saturated carbocycles. The Kier molecular flexibility index (Phi) is 3.51. The molecular weight excluding hydrogens is 320 g/mol. The molecule has 1 aliphatic rings. The first-order valence-corrected chi connectivity index (χ1v) is 7.70. The van der Waals surface area contributed by atoms with Gasteiger partial charge in [0.15, 0.2) is 11.5 Å². The van der Waals surface area contributed by atoms with Crippen molar-refractivity contribution in [2.75, 3.05) is 12.1 Å². The van der Waals surface area contributed by atoms with Crippen LogP contribution in [0, 0.1) is 18.3 Å². The highest BCUT2D eigenvalue weighted by atomic mass is 16.7. The van der Waals surface area contributed by atoms with Crippen LogP contribution in [0.5, 0.6) is 11.5 Å². The maximum Gasteiger partial charge on any atom is 0.244 e. The van der Waals surface area contributed by atoms with Gasteiger partial charge in [-0.2, -0.15) is 5.26 Å². The Morgan fingerprint density at radius 1 is 1.32 bits per heavy atom. The van der Waals surface area contributed by atoms with Crippen LogP contribution < -0.4 is 14.8 Å². The molecule has 0 radical (unpaired) electrons. The second-order valence-electron chi connectivity index (χ2n) is 5.68. The third kappa shape index (κ3) is 2.74. The molecule has 0 saturated heterocycles. The normalized spacial score (nSPS) is 12.2. The number of nitrogens with one attached hydrogen (secondary N) is 1. The molecule has 25 heavy (non-hydrogen) atoms. The van der Waals surface area contributed by atoms with Crippen molar-refractivity contribution in [2.24, 2.45) is 0 Å². The first kappa shape index (κ1) is 15.0. The molecule has 1 amide bonds. The summed E-state index contributed by atoms with van der Waals surface area (Å²) in [6, 6.07) is 12.5. The number of hydrogen-bond donors (Lipinski definition) is 1. The topological polar surface area (TPSA) is 89.2 Å². The number of ether oxygens (including phenoxy) is 2. The largest absolute Gasteiger partial charge is 0.454 e. The fourth-order valence-corrected chi connectivity index (χ4v) is 2.85. The summed E-state index contributed by atoms with van der Waals surface area (Å²) in [5.41, 5.74) is 2.64. The number of nitrogens with zero attached hydrogens (tertiary/aromatic N) is 3. The van der Waals surface area contributed by atoms with E-state index in [1.54, 1.807) is 24.3 Å². The third-order valence-electron chi connectivity index (χ3n) is 4.01. The van der Waals surface area contributed by atoms with Gasteiger partial charge >= 0.3 is 0 Å². The van der Waals surface area contributed by atoms with Gasteiger partial charge in [-0.1, -0.05) is 6.07 Å². The molecule has 7 nitrogen and oxygen atoms in total. The van der Waals surface area contributed by atoms with E-state index in [1.807, 2.05) is 23.6 Å². The van der Waals surface area contributed by atoms with Crippen LogP contribution in [0.15, 0.2) is 36.4 Å². The predicted octanol–water partition coefficient (Wildman–Crippen LogP) is 2.58. The van der Waals surface area contributed by atoms with Crippen molar-refractivity contribution < 1.29 is 14.3 Å². The Hall–Kier alpha value is -3.53. The molecule has 0 fully saturated rings. The molecule has 1 aliphatic heterocycles. The van der Waals surface area contributed by atoms with Crippen molar-refractivity contribution in [3.05, 3.63) is 47.8 Å². The van der Waals surface area contributed by atoms with E-state index in [0.717, 1.165) is 16.9 Å². The van der Waals surface area contributed by atoms with Crippen molar-refractivity contribution in [3.8, 4) is 17.6 Å². The van der Waals surface area contributed by atoms with Gasteiger partial charge < -0.3 is 19.4 Å². The molecule has 7 heteroatoms. The van der Waals surface area contributed by atoms with Crippen LogP contribution >= 0.6 is 0 Å². The SMILES string of the molecule is Cc1nc2cc3c(cc2n1CC(=O)Nc1cccc(C#N)c1)OCO3. The molecular formula is C18H14N4O3. The maximum atomic E-state index is 12.4. The molecule has 124 valence electrons. The summed E-state index contributed by atoms with van der Waals surface area (Å²) in [4.78, 5) is 16.9. The molecule has 2 heterocycles. The van der Waals surface area contributed by atoms with E-state index in [1.165, 1.54) is 0 Å². The first-order chi connectivity index (χ1) is 12.1. The Bertz CT molecular complexity index is 1030. The van der Waals surface area contributed by atoms with Crippen molar-refractivity contribution in [3.63, 3.8) is 0 Å². The van der Waals surface area contributed by atoms with Crippen LogP contribution in [0.3, 0.4) is 0 Å². The summed E-state index contributed by atoms with van der Waals surface area (Å²) in [5, 5.41) is 11.7. The molecule has 0 spiro atoms. The summed E-state index contributed by atoms with van der Waals surface area (Å²) < 4.78 is 12.6. The minimum Gasteiger partial charge on any atom is -0.454 e. The second-order valence-corrected chi connectivity index (χ2v) is 5.68. The van der Waals surface area contributed by atoms with E-state index in [-0.39, 0.29) is 19.2 Å². The molecule has 3 aromatic rings. The Balaban J connectivity index is 1.60. The van der Waals surface area contributed by atoms with E-state index >= 15 is 0 Å². The highest BCUT2D eigenvalue weighted by Gasteiger charge is 2.19. The van der Waals surface area contributed by atoms with Gasteiger partial charge in [-0.3, -0.25) is 4.79 Å². The molecule has 0 unspecified atom stereocenters. The lowest BCUT2D eigenvalue weighted by Gasteiger charge is -2.09. The van der Waals surface area contributed by atoms with Crippen molar-refractivity contribution in [1.82, 2.24) is 9.55 Å². The van der Waals surface area contributed by atoms with Crippen LogP contribution in [0.1, 0.15) is 11.4 Å². The highest BCUT2D eigenvalue weighted by Crippen LogP contribution is 2.36. The fraction of sp³-hybridized carbons (Fsp3) is 0.167. The van der Waals surface area contributed by atoms with E-state index in [4.69, 9.17) is 14.7 Å². The number of hydrogen-bond acceptors (Lipinski definition) is 5. The molecule has 0 bridgehead atoms. The van der Waals surface area contributed by atoms with Crippen LogP contribution in [0.25, 0.3) is 11.0 Å². The smallest absolute Gasteiger partial charge is 0.244 e. The summed E-state index contributed by atoms with van der Waals surface area (Å²) >= 11 is 0. The molecule has 0 aliphatic carbocycles. The van der Waals surface area contributed by atoms with Gasteiger partial charge in [-0.05, 0) is 25.1 Å². The number of carbonyl (C=O) groups excluding carboxylic acids is 1. The minimum absolute atomic E-state index is 0.110. The number of anilines is 1. The summed E-state index contributed by atoms with van der Waals surface area (Å²) in [6.07, 6.45) is 0. The van der Waals surface area contributed by atoms with Gasteiger partial charge in [-0.25, -0.2) is 4.98 Å². The van der Waals surface area contributed by atoms with Gasteiger partial charge in [0.2, 0.25) is 12.7 Å². The molecule has 4 rings (SSSR count). The second kappa shape index (κ2) is 5.83. The minimum atomic E-state index is -0.199. The monoisotopic (exact) mass is 334 g/mol. The average Bonchev–Trinajstić information content (AvgIpc) is 3.17. The molecule has 2 aromatic carbocycles. The lowest BCUT2D eigenvalue weighted by molar-refractivity contribution is -0.116. The number of amides is 1. The van der Waals surface area contributed by atoms with Crippen LogP contribution in [-0.4, -0.2) is 22.3 Å². The number of carbonyl (C=O) groups is 1. The number of imidazole rings is 1. The molecule has 1 aromatic heterocycles. The number of fused-ring (bicyclic) bond motifs is 2. The lowest BCUT2D eigenvalue weighted by atomic mass is 10.2. The van der Waals surface area contributed by atoms with Crippen molar-refractivity contribution in [1.29, 1.82) is 5.26 Å². The number of nitriles is 1. The van der Waals surface area contributed by atoms with E-state index < -0.39 is 0 Å². The summed E-state index contributed by atoms with van der Waals surface area (Å²) in [6.45, 7) is 2.14. The van der Waals surface area contributed by atoms with E-state index in [9.17, 15) is 4.79 Å². The van der Waals surface area contributed by atoms with Crippen LogP contribution in [0.4, 0.5) is 5.69 Å². The molecule has 0 atom stereocenters. The standard InChI is InChI=1S/C18H14N4O3/c1-11-20-14-6-16-17(25-10-24-16)7-15(14)22(11)9-18(23)21-13-4-2-3-12(5-13)8-19/h2-7H,9-10H2,1H3,(H,21,23). The van der Waals surface area contributed by atoms with Gasteiger partial charge in [0, 0.05) is 17.8 Å². The predicted molar refractivity (Wildman–Crippen MR) is 90.4 cm³/mol. The van der Waals surface area contributed by atoms with Crippen LogP contribution in [0.2, 0.25) is 0 Å². The third-order valence-corrected chi connectivity index (χ3v) is 4.01. The zero-order valence-corrected chi connectivity index (χ0v) is 13.4. The van der Waals surface area contributed by atoms with Gasteiger partial charge in [0.05, 0.1) is 22.7 Å². The Labute approximate surface area is 143 Å². The first-order valence-electron chi connectivity index (χ1n) is 7.70. The number of aromatic nitrogens is 2. The van der Waals surface area contributed by atoms with Crippen molar-refractivity contribution in [2.45, 2.75) is 13.5 Å².